The predicted molar refractivity (Wildman–Crippen MR) is 122 cm³/mol. The second-order valence-electron chi connectivity index (χ2n) is 8.66. The molecule has 0 saturated carbocycles. The molecule has 1 saturated heterocycles. The Morgan fingerprint density at radius 3 is 2.97 bits per heavy atom. The summed E-state index contributed by atoms with van der Waals surface area (Å²) in [6, 6.07) is 9.76. The number of likely N-dealkylation sites (tertiary alicyclic amines) is 1. The Morgan fingerprint density at radius 1 is 1.34 bits per heavy atom. The van der Waals surface area contributed by atoms with Gasteiger partial charge in [0.25, 0.3) is 0 Å². The molecule has 2 aromatic rings. The number of carbonyl (C=O) groups excluding carboxylic acids is 1. The van der Waals surface area contributed by atoms with Crippen molar-refractivity contribution in [1.82, 2.24) is 14.2 Å². The van der Waals surface area contributed by atoms with Crippen LogP contribution in [0, 0.1) is 17.2 Å². The molecule has 0 radical (unpaired) electrons. The topological polar surface area (TPSA) is 95.2 Å². The summed E-state index contributed by atoms with van der Waals surface area (Å²) < 4.78 is 30.9. The Morgan fingerprint density at radius 2 is 2.19 bits per heavy atom. The van der Waals surface area contributed by atoms with E-state index in [-0.39, 0.29) is 17.2 Å². The molecule has 168 valence electrons. The highest BCUT2D eigenvalue weighted by Gasteiger charge is 2.31. The van der Waals surface area contributed by atoms with E-state index in [4.69, 9.17) is 0 Å². The van der Waals surface area contributed by atoms with E-state index in [1.165, 1.54) is 0 Å². The Kier molecular flexibility index (Phi) is 6.49. The van der Waals surface area contributed by atoms with Gasteiger partial charge in [-0.15, -0.1) is 0 Å². The maximum absolute atomic E-state index is 13.4. The minimum absolute atomic E-state index is 0.170. The summed E-state index contributed by atoms with van der Waals surface area (Å²) in [6.07, 6.45) is 8.70. The Labute approximate surface area is 189 Å². The number of sulfonamides is 1. The van der Waals surface area contributed by atoms with Crippen LogP contribution in [-0.2, 0) is 27.8 Å². The van der Waals surface area contributed by atoms with Crippen LogP contribution in [0.4, 0.5) is 0 Å². The molecule has 1 amide bonds. The number of allylic oxidation sites excluding steroid dienone is 1. The van der Waals surface area contributed by atoms with Crippen molar-refractivity contribution >= 4 is 22.0 Å². The predicted octanol–water partition coefficient (Wildman–Crippen LogP) is 2.92. The lowest BCUT2D eigenvalue weighted by Crippen LogP contribution is -2.51. The number of nitrogens with zero attached hydrogens (tertiary/aromatic N) is 3. The second kappa shape index (κ2) is 9.31. The molecule has 1 aliphatic heterocycles. The molecule has 1 aromatic heterocycles. The van der Waals surface area contributed by atoms with E-state index in [2.05, 4.69) is 17.7 Å². The van der Waals surface area contributed by atoms with Gasteiger partial charge in [0.05, 0.1) is 4.90 Å². The molecule has 2 aliphatic rings. The molecule has 2 heterocycles. The fourth-order valence-electron chi connectivity index (χ4n) is 4.48. The lowest BCUT2D eigenvalue weighted by atomic mass is 9.99. The normalized spacial score (nSPS) is 18.9. The summed E-state index contributed by atoms with van der Waals surface area (Å²) in [5.74, 6) is 0.192. The third kappa shape index (κ3) is 4.79. The quantitative estimate of drug-likeness (QED) is 0.699. The van der Waals surface area contributed by atoms with Crippen molar-refractivity contribution in [3.05, 3.63) is 59.4 Å². The molecule has 7 nitrogen and oxygen atoms in total. The second-order valence-corrected chi connectivity index (χ2v) is 10.4. The summed E-state index contributed by atoms with van der Waals surface area (Å²) >= 11 is 0. The van der Waals surface area contributed by atoms with E-state index in [1.54, 1.807) is 46.0 Å². The van der Waals surface area contributed by atoms with Crippen molar-refractivity contribution in [1.29, 1.82) is 5.26 Å². The van der Waals surface area contributed by atoms with E-state index in [9.17, 15) is 18.5 Å². The number of carbonyl (C=O) groups is 1. The summed E-state index contributed by atoms with van der Waals surface area (Å²) in [7, 11) is -3.88. The number of fused-ring (bicyclic) bond motifs is 1. The minimum atomic E-state index is -3.88. The highest BCUT2D eigenvalue weighted by Crippen LogP contribution is 2.24. The fraction of sp³-hybridized carbons (Fsp3) is 0.417. The van der Waals surface area contributed by atoms with Gasteiger partial charge >= 0.3 is 0 Å². The highest BCUT2D eigenvalue weighted by molar-refractivity contribution is 7.89. The molecule has 32 heavy (non-hydrogen) atoms. The maximum atomic E-state index is 13.4. The average molecular weight is 453 g/mol. The molecule has 2 atom stereocenters. The monoisotopic (exact) mass is 452 g/mol. The molecule has 0 bridgehead atoms. The van der Waals surface area contributed by atoms with Gasteiger partial charge in [0.15, 0.2) is 0 Å². The lowest BCUT2D eigenvalue weighted by molar-refractivity contribution is -0.134. The average Bonchev–Trinajstić information content (AvgIpc) is 3.44. The standard InChI is InChI=1S/C24H28N4O3S/c1-18-5-3-13-28(17-18)24(29)23(11-14-27-12-4-8-21(27)16-25)26-32(30,31)22-10-9-19-6-2-7-20(19)15-22/h2,4,6,8-10,12,15,18,23,26H,3,5,7,11,13-14,17H2,1H3. The molecule has 0 spiro atoms. The van der Waals surface area contributed by atoms with Crippen LogP contribution in [0.15, 0.2) is 47.5 Å². The molecule has 1 aliphatic carbocycles. The summed E-state index contributed by atoms with van der Waals surface area (Å²) in [4.78, 5) is 15.3. The number of hydrogen-bond acceptors (Lipinski definition) is 4. The van der Waals surface area contributed by atoms with E-state index < -0.39 is 16.1 Å². The largest absolute Gasteiger partial charge is 0.341 e. The van der Waals surface area contributed by atoms with Crippen LogP contribution in [0.5, 0.6) is 0 Å². The zero-order valence-electron chi connectivity index (χ0n) is 18.2. The van der Waals surface area contributed by atoms with Crippen molar-refractivity contribution in [2.24, 2.45) is 5.92 Å². The van der Waals surface area contributed by atoms with Crippen molar-refractivity contribution in [2.45, 2.75) is 50.1 Å². The van der Waals surface area contributed by atoms with Gasteiger partial charge in [-0.25, -0.2) is 8.42 Å². The number of aromatic nitrogens is 1. The van der Waals surface area contributed by atoms with Gasteiger partial charge in [-0.1, -0.05) is 25.1 Å². The van der Waals surface area contributed by atoms with Crippen LogP contribution in [0.25, 0.3) is 6.08 Å². The Balaban J connectivity index is 1.56. The van der Waals surface area contributed by atoms with Gasteiger partial charge in [0.2, 0.25) is 15.9 Å². The van der Waals surface area contributed by atoms with Crippen molar-refractivity contribution in [3.63, 3.8) is 0 Å². The molecular formula is C24H28N4O3S. The summed E-state index contributed by atoms with van der Waals surface area (Å²) in [5.41, 5.74) is 2.47. The van der Waals surface area contributed by atoms with E-state index in [1.807, 2.05) is 12.2 Å². The first-order chi connectivity index (χ1) is 15.4. The lowest BCUT2D eigenvalue weighted by Gasteiger charge is -2.34. The van der Waals surface area contributed by atoms with Crippen LogP contribution in [0.3, 0.4) is 0 Å². The van der Waals surface area contributed by atoms with Gasteiger partial charge in [-0.3, -0.25) is 4.79 Å². The van der Waals surface area contributed by atoms with E-state index >= 15 is 0 Å². The van der Waals surface area contributed by atoms with Gasteiger partial charge in [-0.2, -0.15) is 9.98 Å². The first-order valence-corrected chi connectivity index (χ1v) is 12.5. The van der Waals surface area contributed by atoms with Crippen LogP contribution in [0.1, 0.15) is 43.0 Å². The van der Waals surface area contributed by atoms with Gasteiger partial charge < -0.3 is 9.47 Å². The SMILES string of the molecule is CC1CCCN(C(=O)C(CCn2cccc2C#N)NS(=O)(=O)c2ccc3c(c2)CC=C3)C1. The highest BCUT2D eigenvalue weighted by atomic mass is 32.2. The number of piperidine rings is 1. The van der Waals surface area contributed by atoms with E-state index in [0.29, 0.717) is 37.7 Å². The third-order valence-corrected chi connectivity index (χ3v) is 7.70. The zero-order valence-corrected chi connectivity index (χ0v) is 19.0. The number of aryl methyl sites for hydroxylation is 1. The molecule has 1 aromatic carbocycles. The molecule has 4 rings (SSSR count). The summed E-state index contributed by atoms with van der Waals surface area (Å²) in [6.45, 7) is 3.75. The molecule has 1 N–H and O–H groups in total. The summed E-state index contributed by atoms with van der Waals surface area (Å²) in [5, 5.41) is 9.26. The molecular weight excluding hydrogens is 424 g/mol. The number of nitriles is 1. The number of amides is 1. The first-order valence-electron chi connectivity index (χ1n) is 11.0. The molecule has 1 fully saturated rings. The molecule has 8 heteroatoms. The van der Waals surface area contributed by atoms with E-state index in [0.717, 1.165) is 24.0 Å². The third-order valence-electron chi connectivity index (χ3n) is 6.23. The van der Waals surface area contributed by atoms with Crippen molar-refractivity contribution < 1.29 is 13.2 Å². The Hall–Kier alpha value is -2.89. The van der Waals surface area contributed by atoms with Crippen LogP contribution in [-0.4, -0.2) is 42.9 Å². The zero-order chi connectivity index (χ0) is 22.7. The number of nitrogens with one attached hydrogen (secondary N) is 1. The van der Waals surface area contributed by atoms with Crippen LogP contribution >= 0.6 is 0 Å². The smallest absolute Gasteiger partial charge is 0.241 e. The first kappa shape index (κ1) is 22.3. The number of rotatable bonds is 7. The van der Waals surface area contributed by atoms with Gasteiger partial charge in [0.1, 0.15) is 17.8 Å². The van der Waals surface area contributed by atoms with Crippen LogP contribution in [0.2, 0.25) is 0 Å². The van der Waals surface area contributed by atoms with Crippen molar-refractivity contribution in [3.8, 4) is 6.07 Å². The van der Waals surface area contributed by atoms with Gasteiger partial charge in [0, 0.05) is 25.8 Å². The van der Waals surface area contributed by atoms with Gasteiger partial charge in [-0.05, 0) is 67.0 Å². The Bertz CT molecular complexity index is 1180. The van der Waals surface area contributed by atoms with Crippen molar-refractivity contribution in [2.75, 3.05) is 13.1 Å². The molecule has 2 unspecified atom stereocenters. The maximum Gasteiger partial charge on any atom is 0.241 e. The van der Waals surface area contributed by atoms with Crippen LogP contribution < -0.4 is 4.72 Å². The number of hydrogen-bond donors (Lipinski definition) is 1. The fourth-order valence-corrected chi connectivity index (χ4v) is 5.75. The minimum Gasteiger partial charge on any atom is -0.341 e. The number of benzene rings is 1.